The average molecular weight is 610 g/mol. The van der Waals surface area contributed by atoms with Gasteiger partial charge in [-0.05, 0) is 65.6 Å². The third-order valence-electron chi connectivity index (χ3n) is 11.7. The number of fused-ring (bicyclic) bond motifs is 1. The summed E-state index contributed by atoms with van der Waals surface area (Å²) in [5.74, 6) is -4.41. The van der Waals surface area contributed by atoms with Crippen molar-refractivity contribution in [2.24, 2.45) is 45.0 Å². The summed E-state index contributed by atoms with van der Waals surface area (Å²) in [6, 6.07) is 4.64. The van der Waals surface area contributed by atoms with Crippen LogP contribution >= 0.6 is 0 Å². The van der Waals surface area contributed by atoms with Crippen LogP contribution in [0, 0.1) is 39.9 Å². The van der Waals surface area contributed by atoms with Gasteiger partial charge in [-0.15, -0.1) is 6.58 Å². The molecule has 1 aromatic carbocycles. The molecular formula is C32H40BFN2O8. The van der Waals surface area contributed by atoms with Crippen molar-refractivity contribution in [3.8, 4) is 5.75 Å². The molecule has 0 radical (unpaired) electrons. The quantitative estimate of drug-likeness (QED) is 0.273. The summed E-state index contributed by atoms with van der Waals surface area (Å²) >= 11 is 0. The third-order valence-corrected chi connectivity index (χ3v) is 11.7. The van der Waals surface area contributed by atoms with Gasteiger partial charge in [0.15, 0.2) is 18.1 Å². The van der Waals surface area contributed by atoms with Crippen molar-refractivity contribution in [1.29, 1.82) is 0 Å². The molecule has 0 saturated heterocycles. The Balaban J connectivity index is 1.66. The first-order valence-electron chi connectivity index (χ1n) is 15.1. The molecule has 2 unspecified atom stereocenters. The summed E-state index contributed by atoms with van der Waals surface area (Å²) < 4.78 is 27.6. The third kappa shape index (κ3) is 4.59. The largest absolute Gasteiger partial charge is 0.478 e. The van der Waals surface area contributed by atoms with Crippen molar-refractivity contribution in [2.45, 2.75) is 78.7 Å². The number of carbonyl (C=O) groups excluding carboxylic acids is 3. The van der Waals surface area contributed by atoms with Gasteiger partial charge in [0.05, 0.1) is 6.21 Å². The number of carboxylic acid groups (broad SMARTS) is 1. The van der Waals surface area contributed by atoms with Gasteiger partial charge >= 0.3 is 13.0 Å². The molecule has 0 spiro atoms. The molecule has 3 aliphatic carbocycles. The molecule has 2 bridgehead atoms. The molecule has 3 saturated carbocycles. The van der Waals surface area contributed by atoms with E-state index in [1.807, 2.05) is 27.7 Å². The lowest BCUT2D eigenvalue weighted by Crippen LogP contribution is -2.64. The number of rotatable bonds is 7. The number of carboxylic acids is 1. The van der Waals surface area contributed by atoms with Crippen LogP contribution < -0.4 is 10.2 Å². The number of hydrazone groups is 1. The second-order valence-electron chi connectivity index (χ2n) is 13.7. The maximum atomic E-state index is 15.6. The fourth-order valence-corrected chi connectivity index (χ4v) is 9.17. The minimum Gasteiger partial charge on any atom is -0.478 e. The van der Waals surface area contributed by atoms with E-state index in [1.54, 1.807) is 18.2 Å². The molecule has 10 atom stereocenters. The smallest absolute Gasteiger partial charge is 0.474 e. The SMILES string of the molecule is C=C[C@]1(C)C[C@@H](C(Oc2ccc3c(c2)B(O)N(C(C)=O)N=C3)C(=O)O)[C@@]2(C)[C@H](C)CC[C@]3(CC(F)C(=O)[C@H]32)[C@@H](C)[C@@H]1OC=O. The van der Waals surface area contributed by atoms with Crippen LogP contribution in [-0.4, -0.2) is 70.8 Å². The number of aliphatic carboxylic acids is 1. The van der Waals surface area contributed by atoms with E-state index in [2.05, 4.69) is 11.7 Å². The Labute approximate surface area is 256 Å². The molecule has 12 heteroatoms. The van der Waals surface area contributed by atoms with Crippen molar-refractivity contribution in [1.82, 2.24) is 4.92 Å². The van der Waals surface area contributed by atoms with Gasteiger partial charge in [-0.25, -0.2) is 14.1 Å². The predicted molar refractivity (Wildman–Crippen MR) is 160 cm³/mol. The highest BCUT2D eigenvalue weighted by molar-refractivity contribution is 6.67. The summed E-state index contributed by atoms with van der Waals surface area (Å²) in [6.45, 7) is 13.3. The Morgan fingerprint density at radius 3 is 2.59 bits per heavy atom. The Morgan fingerprint density at radius 1 is 1.27 bits per heavy atom. The number of hydrogen-bond acceptors (Lipinski definition) is 8. The zero-order chi connectivity index (χ0) is 32.4. The number of nitrogens with zero attached hydrogens (tertiary/aromatic N) is 2. The van der Waals surface area contributed by atoms with Gasteiger partial charge in [-0.1, -0.05) is 39.8 Å². The van der Waals surface area contributed by atoms with Gasteiger partial charge in [0, 0.05) is 30.1 Å². The number of Topliss-reactive ketones (excluding diaryl/α,β-unsaturated/α-hetero) is 1. The van der Waals surface area contributed by atoms with E-state index in [9.17, 15) is 29.3 Å². The monoisotopic (exact) mass is 610 g/mol. The van der Waals surface area contributed by atoms with E-state index in [0.717, 1.165) is 4.92 Å². The first-order chi connectivity index (χ1) is 20.7. The van der Waals surface area contributed by atoms with E-state index in [1.165, 1.54) is 19.2 Å². The van der Waals surface area contributed by atoms with Crippen LogP contribution in [0.3, 0.4) is 0 Å². The molecule has 236 valence electrons. The number of benzene rings is 1. The van der Waals surface area contributed by atoms with Crippen LogP contribution in [0.4, 0.5) is 4.39 Å². The molecule has 4 aliphatic rings. The molecule has 1 aliphatic heterocycles. The van der Waals surface area contributed by atoms with E-state index in [4.69, 9.17) is 9.47 Å². The summed E-state index contributed by atoms with van der Waals surface area (Å²) in [7, 11) is -1.40. The van der Waals surface area contributed by atoms with Gasteiger partial charge in [-0.2, -0.15) is 5.10 Å². The van der Waals surface area contributed by atoms with Crippen LogP contribution in [0.2, 0.25) is 0 Å². The lowest BCUT2D eigenvalue weighted by Gasteiger charge is -2.63. The number of halogens is 1. The molecule has 3 fully saturated rings. The highest BCUT2D eigenvalue weighted by atomic mass is 19.1. The minimum absolute atomic E-state index is 0.0197. The van der Waals surface area contributed by atoms with Crippen molar-refractivity contribution >= 4 is 42.9 Å². The molecule has 1 heterocycles. The second-order valence-corrected chi connectivity index (χ2v) is 13.7. The predicted octanol–water partition coefficient (Wildman–Crippen LogP) is 3.14. The standard InChI is InChI=1S/C32H40BFN2O8/c1-7-30(5)13-22(26(29(40)41)44-21-9-8-20-15-35-36(19(4)38)33(42)23(20)12-21)31(6)17(2)10-11-32(18(3)28(30)43-16-37)14-24(34)25(39)27(31)32/h7-9,12,15-18,22,24,26-28,42H,1,10-11,13-14H2,2-6H3,(H,40,41)/t17-,18+,22+,24?,26?,27+,28+,30-,31-,32+/m1/s1. The van der Waals surface area contributed by atoms with E-state index < -0.39 is 77.1 Å². The zero-order valence-electron chi connectivity index (χ0n) is 25.7. The first kappa shape index (κ1) is 31.9. The van der Waals surface area contributed by atoms with Gasteiger partial charge in [0.2, 0.25) is 5.91 Å². The topological polar surface area (TPSA) is 143 Å². The number of carbonyl (C=O) groups is 4. The number of alkyl halides is 1. The number of ether oxygens (including phenoxy) is 2. The van der Waals surface area contributed by atoms with Crippen molar-refractivity contribution in [2.75, 3.05) is 0 Å². The highest BCUT2D eigenvalue weighted by Crippen LogP contribution is 2.70. The second kappa shape index (κ2) is 11.1. The lowest BCUT2D eigenvalue weighted by molar-refractivity contribution is -0.199. The summed E-state index contributed by atoms with van der Waals surface area (Å²) in [4.78, 5) is 51.7. The summed E-state index contributed by atoms with van der Waals surface area (Å²) in [6.07, 6.45) is 0.354. The molecular weight excluding hydrogens is 570 g/mol. The molecule has 1 aromatic rings. The number of amides is 1. The highest BCUT2D eigenvalue weighted by Gasteiger charge is 2.71. The Kier molecular flexibility index (Phi) is 8.06. The zero-order valence-corrected chi connectivity index (χ0v) is 25.7. The van der Waals surface area contributed by atoms with E-state index in [0.29, 0.717) is 30.3 Å². The Morgan fingerprint density at radius 2 is 1.98 bits per heavy atom. The van der Waals surface area contributed by atoms with E-state index in [-0.39, 0.29) is 24.5 Å². The van der Waals surface area contributed by atoms with Crippen molar-refractivity contribution in [3.63, 3.8) is 0 Å². The van der Waals surface area contributed by atoms with Crippen LogP contribution in [0.1, 0.15) is 65.9 Å². The van der Waals surface area contributed by atoms with Gasteiger partial charge in [0.25, 0.3) is 6.47 Å². The molecule has 1 amide bonds. The molecule has 5 rings (SSSR count). The maximum Gasteiger partial charge on any atom is 0.474 e. The van der Waals surface area contributed by atoms with Crippen LogP contribution in [0.5, 0.6) is 5.75 Å². The van der Waals surface area contributed by atoms with Gasteiger partial charge < -0.3 is 19.6 Å². The summed E-state index contributed by atoms with van der Waals surface area (Å²) in [5.41, 5.74) is -1.97. The molecule has 10 nitrogen and oxygen atoms in total. The van der Waals surface area contributed by atoms with Crippen molar-refractivity contribution < 1.29 is 43.2 Å². The lowest BCUT2D eigenvalue weighted by atomic mass is 9.41. The fraction of sp³-hybridized carbons (Fsp3) is 0.594. The molecule has 0 aromatic heterocycles. The van der Waals surface area contributed by atoms with E-state index >= 15 is 4.39 Å². The van der Waals surface area contributed by atoms with Crippen molar-refractivity contribution in [3.05, 3.63) is 36.4 Å². The first-order valence-corrected chi connectivity index (χ1v) is 15.1. The van der Waals surface area contributed by atoms with Gasteiger partial charge in [-0.3, -0.25) is 14.4 Å². The van der Waals surface area contributed by atoms with Gasteiger partial charge in [0.1, 0.15) is 11.9 Å². The van der Waals surface area contributed by atoms with Crippen LogP contribution in [-0.2, 0) is 23.9 Å². The normalized spacial score (nSPS) is 38.5. The van der Waals surface area contributed by atoms with Crippen LogP contribution in [0.15, 0.2) is 36.0 Å². The molecule has 44 heavy (non-hydrogen) atoms. The number of ketones is 1. The Hall–Kier alpha value is -3.54. The summed E-state index contributed by atoms with van der Waals surface area (Å²) in [5, 5.41) is 25.6. The van der Waals surface area contributed by atoms with Crippen LogP contribution in [0.25, 0.3) is 0 Å². The fourth-order valence-electron chi connectivity index (χ4n) is 9.17. The average Bonchev–Trinajstić information content (AvgIpc) is 3.25. The maximum absolute atomic E-state index is 15.6. The molecule has 2 N–H and O–H groups in total. The number of hydrogen-bond donors (Lipinski definition) is 2. The minimum atomic E-state index is -1.71. The Bertz CT molecular complexity index is 1420.